The maximum atomic E-state index is 11.9. The van der Waals surface area contributed by atoms with E-state index in [0.717, 1.165) is 10.6 Å². The van der Waals surface area contributed by atoms with Crippen molar-refractivity contribution < 1.29 is 17.9 Å². The molecule has 0 unspecified atom stereocenters. The van der Waals surface area contributed by atoms with Gasteiger partial charge in [0.1, 0.15) is 0 Å². The summed E-state index contributed by atoms with van der Waals surface area (Å²) < 4.78 is 29.0. The summed E-state index contributed by atoms with van der Waals surface area (Å²) >= 11 is 0. The van der Waals surface area contributed by atoms with Crippen LogP contribution in [-0.4, -0.2) is 68.7 Å². The quantitative estimate of drug-likeness (QED) is 0.690. The van der Waals surface area contributed by atoms with Crippen molar-refractivity contribution in [2.24, 2.45) is 0 Å². The molecule has 1 aliphatic heterocycles. The molecule has 6 nitrogen and oxygen atoms in total. The molecule has 7 heteroatoms. The molecule has 1 aliphatic rings. The molecular weight excluding hydrogens is 244 g/mol. The zero-order valence-electron chi connectivity index (χ0n) is 10.7. The lowest BCUT2D eigenvalue weighted by Gasteiger charge is -2.35. The minimum absolute atomic E-state index is 0.00811. The van der Waals surface area contributed by atoms with E-state index in [2.05, 4.69) is 0 Å². The monoisotopic (exact) mass is 264 g/mol. The number of carbonyl (C=O) groups is 1. The molecule has 0 aromatic carbocycles. The van der Waals surface area contributed by atoms with Crippen LogP contribution in [0.4, 0.5) is 0 Å². The van der Waals surface area contributed by atoms with Gasteiger partial charge in [0.2, 0.25) is 15.9 Å². The lowest BCUT2D eigenvalue weighted by molar-refractivity contribution is -0.143. The predicted octanol–water partition coefficient (Wildman–Crippen LogP) is -0.486. The number of likely N-dealkylation sites (N-methyl/N-ethyl adjacent to an activating group) is 1. The van der Waals surface area contributed by atoms with Crippen LogP contribution in [0.25, 0.3) is 0 Å². The summed E-state index contributed by atoms with van der Waals surface area (Å²) in [7, 11) is -1.91. The minimum atomic E-state index is -3.31. The van der Waals surface area contributed by atoms with Gasteiger partial charge in [0, 0.05) is 20.1 Å². The van der Waals surface area contributed by atoms with Crippen molar-refractivity contribution in [1.29, 1.82) is 0 Å². The Balaban J connectivity index is 2.59. The molecule has 17 heavy (non-hydrogen) atoms. The molecule has 100 valence electrons. The number of sulfonamides is 1. The van der Waals surface area contributed by atoms with E-state index in [4.69, 9.17) is 4.74 Å². The van der Waals surface area contributed by atoms with Gasteiger partial charge in [-0.25, -0.2) is 8.42 Å². The van der Waals surface area contributed by atoms with Crippen molar-refractivity contribution in [1.82, 2.24) is 9.21 Å². The molecule has 0 N–H and O–H groups in total. The lowest BCUT2D eigenvalue weighted by Crippen LogP contribution is -2.51. The van der Waals surface area contributed by atoms with E-state index in [0.29, 0.717) is 13.1 Å². The third-order valence-electron chi connectivity index (χ3n) is 2.70. The summed E-state index contributed by atoms with van der Waals surface area (Å²) in [4.78, 5) is 13.6. The number of hydrogen-bond donors (Lipinski definition) is 0. The number of carbonyl (C=O) groups excluding carboxylic acids is 1. The van der Waals surface area contributed by atoms with Gasteiger partial charge in [-0.3, -0.25) is 4.79 Å². The van der Waals surface area contributed by atoms with Crippen LogP contribution in [-0.2, 0) is 19.6 Å². The topological polar surface area (TPSA) is 66.9 Å². The molecule has 2 atom stereocenters. The molecule has 0 radical (unpaired) electrons. The highest BCUT2D eigenvalue weighted by molar-refractivity contribution is 7.88. The third kappa shape index (κ3) is 4.25. The molecule has 1 saturated heterocycles. The van der Waals surface area contributed by atoms with Gasteiger partial charge in [0.05, 0.1) is 25.0 Å². The van der Waals surface area contributed by atoms with Crippen LogP contribution in [0.1, 0.15) is 13.8 Å². The van der Waals surface area contributed by atoms with E-state index in [1.807, 2.05) is 13.8 Å². The summed E-state index contributed by atoms with van der Waals surface area (Å²) in [6, 6.07) is 0. The van der Waals surface area contributed by atoms with Crippen LogP contribution in [0.5, 0.6) is 0 Å². The summed E-state index contributed by atoms with van der Waals surface area (Å²) in [6.07, 6.45) is 1.07. The second-order valence-corrected chi connectivity index (χ2v) is 6.66. The molecule has 1 amide bonds. The van der Waals surface area contributed by atoms with Gasteiger partial charge in [-0.1, -0.05) is 0 Å². The smallest absolute Gasteiger partial charge is 0.238 e. The van der Waals surface area contributed by atoms with Crippen LogP contribution in [0.15, 0.2) is 0 Å². The van der Waals surface area contributed by atoms with Gasteiger partial charge < -0.3 is 9.64 Å². The standard InChI is InChI=1S/C10H20N2O4S/c1-8-5-12(6-9(2)16-8)10(13)7-11(3)17(4,14)15/h8-9H,5-7H2,1-4H3/t8-,9-/m0/s1. The maximum Gasteiger partial charge on any atom is 0.238 e. The maximum absolute atomic E-state index is 11.9. The van der Waals surface area contributed by atoms with Crippen molar-refractivity contribution in [3.8, 4) is 0 Å². The van der Waals surface area contributed by atoms with Crippen molar-refractivity contribution in [3.05, 3.63) is 0 Å². The second-order valence-electron chi connectivity index (χ2n) is 4.58. The first-order valence-corrected chi connectivity index (χ1v) is 7.39. The number of ether oxygens (including phenoxy) is 1. The molecule has 0 aromatic heterocycles. The van der Waals surface area contributed by atoms with Gasteiger partial charge in [0.25, 0.3) is 0 Å². The SMILES string of the molecule is C[C@H]1CN(C(=O)CN(C)S(C)(=O)=O)C[C@H](C)O1. The Morgan fingerprint density at radius 3 is 2.24 bits per heavy atom. The van der Waals surface area contributed by atoms with Gasteiger partial charge in [-0.05, 0) is 13.8 Å². The Kier molecular flexibility index (Phi) is 4.51. The molecule has 0 bridgehead atoms. The van der Waals surface area contributed by atoms with Crippen LogP contribution < -0.4 is 0 Å². The first-order chi connectivity index (χ1) is 7.70. The first-order valence-electron chi connectivity index (χ1n) is 5.54. The van der Waals surface area contributed by atoms with Gasteiger partial charge in [0.15, 0.2) is 0 Å². The Hall–Kier alpha value is -0.660. The summed E-state index contributed by atoms with van der Waals surface area (Å²) in [5, 5.41) is 0. The average Bonchev–Trinajstić information content (AvgIpc) is 2.14. The molecule has 0 aliphatic carbocycles. The molecule has 1 rings (SSSR count). The fourth-order valence-electron chi connectivity index (χ4n) is 1.79. The summed E-state index contributed by atoms with van der Waals surface area (Å²) in [5.41, 5.74) is 0. The summed E-state index contributed by atoms with van der Waals surface area (Å²) in [5.74, 6) is -0.181. The number of morpholine rings is 1. The zero-order valence-corrected chi connectivity index (χ0v) is 11.5. The fraction of sp³-hybridized carbons (Fsp3) is 0.900. The number of nitrogens with zero attached hydrogens (tertiary/aromatic N) is 2. The van der Waals surface area contributed by atoms with E-state index in [1.165, 1.54) is 7.05 Å². The molecule has 0 saturated carbocycles. The summed E-state index contributed by atoms with van der Waals surface area (Å²) in [6.45, 7) is 4.71. The van der Waals surface area contributed by atoms with E-state index in [9.17, 15) is 13.2 Å². The average molecular weight is 264 g/mol. The number of hydrogen-bond acceptors (Lipinski definition) is 4. The zero-order chi connectivity index (χ0) is 13.2. The Morgan fingerprint density at radius 1 is 1.35 bits per heavy atom. The van der Waals surface area contributed by atoms with E-state index in [-0.39, 0.29) is 24.7 Å². The van der Waals surface area contributed by atoms with Gasteiger partial charge in [-0.2, -0.15) is 4.31 Å². The Labute approximate surface area is 103 Å². The molecule has 0 aromatic rings. The molecule has 1 heterocycles. The van der Waals surface area contributed by atoms with Crippen molar-refractivity contribution in [3.63, 3.8) is 0 Å². The van der Waals surface area contributed by atoms with E-state index < -0.39 is 10.0 Å². The van der Waals surface area contributed by atoms with Crippen molar-refractivity contribution >= 4 is 15.9 Å². The highest BCUT2D eigenvalue weighted by Gasteiger charge is 2.27. The predicted molar refractivity (Wildman–Crippen MR) is 64.1 cm³/mol. The van der Waals surface area contributed by atoms with Crippen LogP contribution in [0.3, 0.4) is 0 Å². The molecule has 1 fully saturated rings. The normalized spacial score (nSPS) is 26.3. The Bertz CT molecular complexity index is 372. The highest BCUT2D eigenvalue weighted by atomic mass is 32.2. The number of rotatable bonds is 3. The van der Waals surface area contributed by atoms with E-state index >= 15 is 0 Å². The Morgan fingerprint density at radius 2 is 1.82 bits per heavy atom. The molecular formula is C10H20N2O4S. The van der Waals surface area contributed by atoms with Crippen molar-refractivity contribution in [2.75, 3.05) is 32.9 Å². The largest absolute Gasteiger partial charge is 0.372 e. The number of amides is 1. The van der Waals surface area contributed by atoms with Crippen molar-refractivity contribution in [2.45, 2.75) is 26.1 Å². The second kappa shape index (κ2) is 5.32. The van der Waals surface area contributed by atoms with Gasteiger partial charge >= 0.3 is 0 Å². The lowest BCUT2D eigenvalue weighted by atomic mass is 10.2. The molecule has 0 spiro atoms. The fourth-order valence-corrected chi connectivity index (χ4v) is 2.13. The first kappa shape index (κ1) is 14.4. The third-order valence-corrected chi connectivity index (χ3v) is 3.96. The minimum Gasteiger partial charge on any atom is -0.372 e. The van der Waals surface area contributed by atoms with Gasteiger partial charge in [-0.15, -0.1) is 0 Å². The van der Waals surface area contributed by atoms with Crippen LogP contribution in [0, 0.1) is 0 Å². The highest BCUT2D eigenvalue weighted by Crippen LogP contribution is 2.11. The van der Waals surface area contributed by atoms with E-state index in [1.54, 1.807) is 4.90 Å². The van der Waals surface area contributed by atoms with Crippen LogP contribution >= 0.6 is 0 Å². The van der Waals surface area contributed by atoms with Crippen LogP contribution in [0.2, 0.25) is 0 Å².